The van der Waals surface area contributed by atoms with Gasteiger partial charge in [0.25, 0.3) is 0 Å². The predicted octanol–water partition coefficient (Wildman–Crippen LogP) is 19.2. The van der Waals surface area contributed by atoms with Gasteiger partial charge in [-0.2, -0.15) is 0 Å². The molecule has 0 saturated heterocycles. The minimum Gasteiger partial charge on any atom is -0.0616 e. The molecule has 0 unspecified atom stereocenters. The zero-order valence-electron chi connectivity index (χ0n) is 37.2. The second kappa shape index (κ2) is 15.4. The van der Waals surface area contributed by atoms with Crippen molar-refractivity contribution in [1.82, 2.24) is 0 Å². The predicted molar refractivity (Wildman–Crippen MR) is 294 cm³/mol. The van der Waals surface area contributed by atoms with Crippen molar-refractivity contribution in [1.29, 1.82) is 0 Å². The minimum atomic E-state index is 1.20. The SMILES string of the molecule is c1ccc2c(c1)cc(-c1ccc(-c3c4ccccc4c(-c4ccc(-c5cc6ccccc6c6ccccc56)cc4)c4cc(-c5cc6ccccc6c6ccccc56)ccc34)cc1)c1ccccc12. The maximum atomic E-state index is 2.47. The van der Waals surface area contributed by atoms with Crippen molar-refractivity contribution in [2.75, 3.05) is 0 Å². The van der Waals surface area contributed by atoms with Crippen LogP contribution in [0.1, 0.15) is 0 Å². The molecule has 0 heteroatoms. The summed E-state index contributed by atoms with van der Waals surface area (Å²) in [4.78, 5) is 0. The van der Waals surface area contributed by atoms with Crippen molar-refractivity contribution in [2.24, 2.45) is 0 Å². The highest BCUT2D eigenvalue weighted by atomic mass is 14.2. The first-order valence-electron chi connectivity index (χ1n) is 23.7. The smallest absolute Gasteiger partial charge is 0.00261 e. The van der Waals surface area contributed by atoms with Crippen molar-refractivity contribution < 1.29 is 0 Å². The Morgan fingerprint density at radius 2 is 0.412 bits per heavy atom. The molecule has 68 heavy (non-hydrogen) atoms. The summed E-state index contributed by atoms with van der Waals surface area (Å²) in [6, 6.07) is 94.8. The normalized spacial score (nSPS) is 11.8. The Morgan fingerprint density at radius 1 is 0.147 bits per heavy atom. The van der Waals surface area contributed by atoms with Gasteiger partial charge in [0.1, 0.15) is 0 Å². The van der Waals surface area contributed by atoms with E-state index in [1.807, 2.05) is 0 Å². The van der Waals surface area contributed by atoms with E-state index >= 15 is 0 Å². The Balaban J connectivity index is 0.996. The van der Waals surface area contributed by atoms with Gasteiger partial charge in [0.15, 0.2) is 0 Å². The third kappa shape index (κ3) is 6.01. The molecule has 0 nitrogen and oxygen atoms in total. The fourth-order valence-corrected chi connectivity index (χ4v) is 11.5. The van der Waals surface area contributed by atoms with Crippen LogP contribution in [0.25, 0.3) is 142 Å². The van der Waals surface area contributed by atoms with Gasteiger partial charge in [-0.1, -0.05) is 231 Å². The molecule has 0 fully saturated rings. The van der Waals surface area contributed by atoms with E-state index in [4.69, 9.17) is 0 Å². The third-order valence-electron chi connectivity index (χ3n) is 14.6. The van der Waals surface area contributed by atoms with Gasteiger partial charge >= 0.3 is 0 Å². The Bertz CT molecular complexity index is 4340. The van der Waals surface area contributed by atoms with Crippen LogP contribution in [0.3, 0.4) is 0 Å². The summed E-state index contributed by atoms with van der Waals surface area (Å²) in [6.45, 7) is 0. The molecule has 0 bridgehead atoms. The van der Waals surface area contributed by atoms with Crippen LogP contribution in [-0.2, 0) is 0 Å². The molecule has 0 aromatic heterocycles. The van der Waals surface area contributed by atoms with E-state index in [-0.39, 0.29) is 0 Å². The summed E-state index contributed by atoms with van der Waals surface area (Å²) in [6.07, 6.45) is 0. The summed E-state index contributed by atoms with van der Waals surface area (Å²) in [5.41, 5.74) is 12.3. The summed E-state index contributed by atoms with van der Waals surface area (Å²) >= 11 is 0. The van der Waals surface area contributed by atoms with Crippen molar-refractivity contribution in [2.45, 2.75) is 0 Å². The fraction of sp³-hybridized carbons (Fsp3) is 0. The van der Waals surface area contributed by atoms with Crippen molar-refractivity contribution in [3.63, 3.8) is 0 Å². The lowest BCUT2D eigenvalue weighted by atomic mass is 9.83. The topological polar surface area (TPSA) is 0 Å². The largest absolute Gasteiger partial charge is 0.0616 e. The van der Waals surface area contributed by atoms with E-state index in [9.17, 15) is 0 Å². The minimum absolute atomic E-state index is 1.20. The lowest BCUT2D eigenvalue weighted by Gasteiger charge is -2.20. The molecule has 0 amide bonds. The van der Waals surface area contributed by atoms with Crippen LogP contribution in [0.15, 0.2) is 255 Å². The number of benzene rings is 14. The van der Waals surface area contributed by atoms with Gasteiger partial charge in [-0.05, 0) is 166 Å². The summed E-state index contributed by atoms with van der Waals surface area (Å²) < 4.78 is 0. The molecule has 0 saturated carbocycles. The highest BCUT2D eigenvalue weighted by Gasteiger charge is 2.20. The zero-order chi connectivity index (χ0) is 44.7. The molecule has 0 spiro atoms. The molecule has 0 N–H and O–H groups in total. The maximum absolute atomic E-state index is 2.47. The van der Waals surface area contributed by atoms with E-state index < -0.39 is 0 Å². The average molecular weight is 859 g/mol. The fourth-order valence-electron chi connectivity index (χ4n) is 11.5. The van der Waals surface area contributed by atoms with Gasteiger partial charge in [-0.25, -0.2) is 0 Å². The second-order valence-corrected chi connectivity index (χ2v) is 18.3. The standard InChI is InChI=1S/C68H42/c1-4-18-51-47(15-1)39-63(57-24-10-7-21-54(51)57)43-29-33-45(34-30-43)67-60-27-13-14-28-61(60)68(46-35-31-44(32-36-46)64-40-48-16-2-5-19-52(48)55-22-8-11-25-58(55)64)66-42-50(37-38-62(66)67)65-41-49-17-3-6-20-53(49)56-23-9-12-26-59(56)65/h1-42H. The lowest BCUT2D eigenvalue weighted by molar-refractivity contribution is 1.63. The molecule has 0 aliphatic heterocycles. The van der Waals surface area contributed by atoms with Crippen molar-refractivity contribution in [3.05, 3.63) is 255 Å². The monoisotopic (exact) mass is 858 g/mol. The average Bonchev–Trinajstić information content (AvgIpc) is 3.41. The van der Waals surface area contributed by atoms with E-state index in [1.165, 1.54) is 142 Å². The molecular formula is C68H42. The molecule has 0 aliphatic rings. The van der Waals surface area contributed by atoms with Crippen LogP contribution in [0.2, 0.25) is 0 Å². The van der Waals surface area contributed by atoms with Crippen LogP contribution in [-0.4, -0.2) is 0 Å². The highest BCUT2D eigenvalue weighted by molar-refractivity contribution is 6.23. The summed E-state index contributed by atoms with van der Waals surface area (Å²) in [7, 11) is 0. The molecule has 0 radical (unpaired) electrons. The summed E-state index contributed by atoms with van der Waals surface area (Å²) in [5, 5.41) is 20.2. The molecule has 0 heterocycles. The third-order valence-corrected chi connectivity index (χ3v) is 14.6. The van der Waals surface area contributed by atoms with Crippen molar-refractivity contribution >= 4 is 86.2 Å². The zero-order valence-corrected chi connectivity index (χ0v) is 37.2. The van der Waals surface area contributed by atoms with Gasteiger partial charge < -0.3 is 0 Å². The van der Waals surface area contributed by atoms with Gasteiger partial charge in [0.05, 0.1) is 0 Å². The highest BCUT2D eigenvalue weighted by Crippen LogP contribution is 2.47. The van der Waals surface area contributed by atoms with Crippen LogP contribution in [0, 0.1) is 0 Å². The first kappa shape index (κ1) is 38.4. The molecular weight excluding hydrogens is 817 g/mol. The van der Waals surface area contributed by atoms with Crippen LogP contribution < -0.4 is 0 Å². The number of rotatable bonds is 5. The van der Waals surface area contributed by atoms with E-state index in [2.05, 4.69) is 255 Å². The van der Waals surface area contributed by atoms with Crippen LogP contribution in [0.5, 0.6) is 0 Å². The number of hydrogen-bond donors (Lipinski definition) is 0. The first-order chi connectivity index (χ1) is 33.7. The number of hydrogen-bond acceptors (Lipinski definition) is 0. The Morgan fingerprint density at radius 3 is 0.809 bits per heavy atom. The van der Waals surface area contributed by atoms with Crippen molar-refractivity contribution in [3.8, 4) is 55.6 Å². The Hall–Kier alpha value is -8.84. The van der Waals surface area contributed by atoms with E-state index in [1.54, 1.807) is 0 Å². The van der Waals surface area contributed by atoms with Gasteiger partial charge in [0, 0.05) is 0 Å². The maximum Gasteiger partial charge on any atom is -0.00261 e. The lowest BCUT2D eigenvalue weighted by Crippen LogP contribution is -1.93. The quantitative estimate of drug-likeness (QED) is 0.119. The summed E-state index contributed by atoms with van der Waals surface area (Å²) in [5.74, 6) is 0. The Kier molecular flexibility index (Phi) is 8.69. The van der Waals surface area contributed by atoms with Gasteiger partial charge in [-0.15, -0.1) is 0 Å². The van der Waals surface area contributed by atoms with Gasteiger partial charge in [-0.3, -0.25) is 0 Å². The van der Waals surface area contributed by atoms with Crippen LogP contribution >= 0.6 is 0 Å². The Labute approximate surface area is 394 Å². The molecule has 314 valence electrons. The molecule has 14 rings (SSSR count). The molecule has 14 aromatic rings. The second-order valence-electron chi connectivity index (χ2n) is 18.3. The van der Waals surface area contributed by atoms with Gasteiger partial charge in [0.2, 0.25) is 0 Å². The van der Waals surface area contributed by atoms with Crippen LogP contribution in [0.4, 0.5) is 0 Å². The first-order valence-corrected chi connectivity index (χ1v) is 23.7. The number of fused-ring (bicyclic) bond motifs is 11. The molecule has 0 atom stereocenters. The van der Waals surface area contributed by atoms with E-state index in [0.29, 0.717) is 0 Å². The molecule has 0 aliphatic carbocycles. The molecule has 14 aromatic carbocycles. The van der Waals surface area contributed by atoms with E-state index in [0.717, 1.165) is 0 Å².